The average molecular weight is 351 g/mol. The SMILES string of the molecule is Nc1nc(Sc2ncccn2)nc(-c2ccc(Cl)cc2Cl)n1. The number of nitrogens with zero attached hydrogens (tertiary/aromatic N) is 5. The van der Waals surface area contributed by atoms with Gasteiger partial charge in [0.15, 0.2) is 11.0 Å². The molecule has 6 nitrogen and oxygen atoms in total. The topological polar surface area (TPSA) is 90.5 Å². The second-order valence-electron chi connectivity index (χ2n) is 4.06. The van der Waals surface area contributed by atoms with E-state index < -0.39 is 0 Å². The fourth-order valence-electron chi connectivity index (χ4n) is 1.63. The van der Waals surface area contributed by atoms with Crippen molar-refractivity contribution in [3.05, 3.63) is 46.7 Å². The van der Waals surface area contributed by atoms with Crippen molar-refractivity contribution in [3.63, 3.8) is 0 Å². The summed E-state index contributed by atoms with van der Waals surface area (Å²) in [6, 6.07) is 6.78. The lowest BCUT2D eigenvalue weighted by Gasteiger charge is -2.06. The summed E-state index contributed by atoms with van der Waals surface area (Å²) in [5, 5.41) is 1.87. The van der Waals surface area contributed by atoms with Gasteiger partial charge in [0, 0.05) is 23.0 Å². The summed E-state index contributed by atoms with van der Waals surface area (Å²) in [7, 11) is 0. The third kappa shape index (κ3) is 3.44. The molecule has 0 aliphatic rings. The highest BCUT2D eigenvalue weighted by atomic mass is 35.5. The minimum Gasteiger partial charge on any atom is -0.368 e. The number of nitrogens with two attached hydrogens (primary N) is 1. The fraction of sp³-hybridized carbons (Fsp3) is 0. The van der Waals surface area contributed by atoms with Crippen molar-refractivity contribution >= 4 is 40.9 Å². The monoisotopic (exact) mass is 350 g/mol. The van der Waals surface area contributed by atoms with E-state index in [9.17, 15) is 0 Å². The lowest BCUT2D eigenvalue weighted by Crippen LogP contribution is -2.02. The molecule has 0 fully saturated rings. The number of nitrogen functional groups attached to an aromatic ring is 1. The number of aromatic nitrogens is 5. The van der Waals surface area contributed by atoms with Crippen molar-refractivity contribution in [2.45, 2.75) is 10.3 Å². The molecule has 0 saturated heterocycles. The molecule has 2 heterocycles. The Morgan fingerprint density at radius 1 is 0.955 bits per heavy atom. The summed E-state index contributed by atoms with van der Waals surface area (Å²) in [6.45, 7) is 0. The Balaban J connectivity index is 1.99. The third-order valence-electron chi connectivity index (χ3n) is 2.53. The van der Waals surface area contributed by atoms with Gasteiger partial charge in [-0.05, 0) is 36.0 Å². The number of hydrogen-bond donors (Lipinski definition) is 1. The Morgan fingerprint density at radius 2 is 1.73 bits per heavy atom. The molecule has 0 aliphatic heterocycles. The molecule has 0 saturated carbocycles. The zero-order chi connectivity index (χ0) is 15.5. The predicted octanol–water partition coefficient (Wildman–Crippen LogP) is 3.37. The molecule has 2 N–H and O–H groups in total. The molecular formula is C13H8Cl2N6S. The maximum absolute atomic E-state index is 6.17. The van der Waals surface area contributed by atoms with Crippen LogP contribution >= 0.6 is 35.0 Å². The van der Waals surface area contributed by atoms with Crippen LogP contribution in [-0.4, -0.2) is 24.9 Å². The van der Waals surface area contributed by atoms with Crippen LogP contribution in [0.3, 0.4) is 0 Å². The zero-order valence-electron chi connectivity index (χ0n) is 10.9. The van der Waals surface area contributed by atoms with Gasteiger partial charge in [0.25, 0.3) is 0 Å². The van der Waals surface area contributed by atoms with Gasteiger partial charge >= 0.3 is 0 Å². The lowest BCUT2D eigenvalue weighted by atomic mass is 10.2. The Kier molecular flexibility index (Phi) is 4.37. The molecule has 0 bridgehead atoms. The van der Waals surface area contributed by atoms with Gasteiger partial charge in [-0.2, -0.15) is 9.97 Å². The standard InChI is InChI=1S/C13H8Cl2N6S/c14-7-2-3-8(9(15)6-7)10-19-11(16)21-13(20-10)22-12-17-4-1-5-18-12/h1-6H,(H2,16,19,20,21). The van der Waals surface area contributed by atoms with E-state index in [1.54, 1.807) is 36.7 Å². The largest absolute Gasteiger partial charge is 0.368 e. The summed E-state index contributed by atoms with van der Waals surface area (Å²) in [5.41, 5.74) is 6.37. The number of rotatable bonds is 3. The van der Waals surface area contributed by atoms with Crippen molar-refractivity contribution in [2.24, 2.45) is 0 Å². The number of hydrogen-bond acceptors (Lipinski definition) is 7. The Morgan fingerprint density at radius 3 is 2.45 bits per heavy atom. The van der Waals surface area contributed by atoms with Gasteiger partial charge < -0.3 is 5.73 Å². The molecule has 22 heavy (non-hydrogen) atoms. The molecule has 0 aliphatic carbocycles. The number of benzene rings is 1. The smallest absolute Gasteiger partial charge is 0.224 e. The van der Waals surface area contributed by atoms with Crippen LogP contribution in [-0.2, 0) is 0 Å². The van der Waals surface area contributed by atoms with Gasteiger partial charge in [-0.3, -0.25) is 0 Å². The van der Waals surface area contributed by atoms with Crippen LogP contribution in [0.5, 0.6) is 0 Å². The van der Waals surface area contributed by atoms with Crippen LogP contribution in [0.25, 0.3) is 11.4 Å². The van der Waals surface area contributed by atoms with Crippen LogP contribution in [0.1, 0.15) is 0 Å². The van der Waals surface area contributed by atoms with Crippen molar-refractivity contribution in [1.82, 2.24) is 24.9 Å². The number of anilines is 1. The summed E-state index contributed by atoms with van der Waals surface area (Å²) in [6.07, 6.45) is 3.27. The Hall–Kier alpha value is -1.96. The van der Waals surface area contributed by atoms with Crippen LogP contribution in [0, 0.1) is 0 Å². The maximum Gasteiger partial charge on any atom is 0.224 e. The fourth-order valence-corrected chi connectivity index (χ4v) is 2.78. The van der Waals surface area contributed by atoms with Crippen molar-refractivity contribution in [1.29, 1.82) is 0 Å². The van der Waals surface area contributed by atoms with E-state index in [0.29, 0.717) is 31.7 Å². The average Bonchev–Trinajstić information content (AvgIpc) is 2.47. The van der Waals surface area contributed by atoms with Crippen molar-refractivity contribution in [3.8, 4) is 11.4 Å². The van der Waals surface area contributed by atoms with Gasteiger partial charge in [-0.1, -0.05) is 23.2 Å². The maximum atomic E-state index is 6.17. The summed E-state index contributed by atoms with van der Waals surface area (Å²) >= 11 is 13.2. The molecule has 1 aromatic carbocycles. The molecule has 9 heteroatoms. The van der Waals surface area contributed by atoms with E-state index in [0.717, 1.165) is 0 Å². The van der Waals surface area contributed by atoms with Crippen LogP contribution < -0.4 is 5.73 Å². The second-order valence-corrected chi connectivity index (χ2v) is 5.84. The highest BCUT2D eigenvalue weighted by Crippen LogP contribution is 2.30. The van der Waals surface area contributed by atoms with E-state index in [1.165, 1.54) is 11.8 Å². The van der Waals surface area contributed by atoms with Crippen molar-refractivity contribution < 1.29 is 0 Å². The highest BCUT2D eigenvalue weighted by molar-refractivity contribution is 7.99. The molecule has 110 valence electrons. The van der Waals surface area contributed by atoms with Crippen LogP contribution in [0.15, 0.2) is 47.0 Å². The molecule has 2 aromatic heterocycles. The molecule has 3 rings (SSSR count). The normalized spacial score (nSPS) is 10.6. The first-order valence-electron chi connectivity index (χ1n) is 6.03. The molecule has 0 spiro atoms. The minimum absolute atomic E-state index is 0.0921. The molecule has 0 atom stereocenters. The van der Waals surface area contributed by atoms with Gasteiger partial charge in [0.2, 0.25) is 11.1 Å². The summed E-state index contributed by atoms with van der Waals surface area (Å²) in [4.78, 5) is 20.7. The number of halogens is 2. The third-order valence-corrected chi connectivity index (χ3v) is 3.84. The van der Waals surface area contributed by atoms with Gasteiger partial charge in [-0.25, -0.2) is 15.0 Å². The van der Waals surface area contributed by atoms with E-state index >= 15 is 0 Å². The van der Waals surface area contributed by atoms with E-state index in [4.69, 9.17) is 28.9 Å². The molecule has 0 radical (unpaired) electrons. The zero-order valence-corrected chi connectivity index (χ0v) is 13.3. The molecule has 0 unspecified atom stereocenters. The predicted molar refractivity (Wildman–Crippen MR) is 85.9 cm³/mol. The van der Waals surface area contributed by atoms with Gasteiger partial charge in [0.05, 0.1) is 5.02 Å². The van der Waals surface area contributed by atoms with Crippen LogP contribution in [0.4, 0.5) is 5.95 Å². The molecule has 3 aromatic rings. The van der Waals surface area contributed by atoms with Crippen molar-refractivity contribution in [2.75, 3.05) is 5.73 Å². The van der Waals surface area contributed by atoms with Gasteiger partial charge in [0.1, 0.15) is 0 Å². The minimum atomic E-state index is 0.0921. The lowest BCUT2D eigenvalue weighted by molar-refractivity contribution is 0.904. The first kappa shape index (κ1) is 15.0. The Labute approximate surface area is 140 Å². The van der Waals surface area contributed by atoms with E-state index in [1.807, 2.05) is 0 Å². The Bertz CT molecular complexity index is 815. The highest BCUT2D eigenvalue weighted by Gasteiger charge is 2.12. The first-order valence-corrected chi connectivity index (χ1v) is 7.61. The summed E-state index contributed by atoms with van der Waals surface area (Å²) < 4.78 is 0. The second kappa shape index (κ2) is 6.43. The molecular weight excluding hydrogens is 343 g/mol. The first-order chi connectivity index (χ1) is 10.6. The quantitative estimate of drug-likeness (QED) is 0.724. The van der Waals surface area contributed by atoms with E-state index in [-0.39, 0.29) is 5.95 Å². The van der Waals surface area contributed by atoms with Gasteiger partial charge in [-0.15, -0.1) is 0 Å². The van der Waals surface area contributed by atoms with E-state index in [2.05, 4.69) is 24.9 Å². The molecule has 0 amide bonds. The summed E-state index contributed by atoms with van der Waals surface area (Å²) in [5.74, 6) is 0.460. The van der Waals surface area contributed by atoms with Crippen LogP contribution in [0.2, 0.25) is 10.0 Å².